The van der Waals surface area contributed by atoms with E-state index in [0.29, 0.717) is 17.1 Å². The molecule has 0 aromatic carbocycles. The molecule has 1 aliphatic rings. The molecule has 1 unspecified atom stereocenters. The third-order valence-electron chi connectivity index (χ3n) is 2.59. The van der Waals surface area contributed by atoms with E-state index in [0.717, 1.165) is 11.3 Å². The van der Waals surface area contributed by atoms with Crippen molar-refractivity contribution >= 4 is 27.1 Å². The summed E-state index contributed by atoms with van der Waals surface area (Å²) in [5.41, 5.74) is 0.469. The number of carbonyl (C=O) groups is 1. The molecule has 88 valence electrons. The topological polar surface area (TPSA) is 84.3 Å². The zero-order valence-corrected chi connectivity index (χ0v) is 10.3. The summed E-state index contributed by atoms with van der Waals surface area (Å²) in [5, 5.41) is 9.51. The fourth-order valence-corrected chi connectivity index (χ4v) is 4.67. The van der Waals surface area contributed by atoms with Crippen LogP contribution in [0, 0.1) is 6.92 Å². The summed E-state index contributed by atoms with van der Waals surface area (Å²) in [5.74, 6) is -0.846. The van der Waals surface area contributed by atoms with Gasteiger partial charge in [-0.2, -0.15) is 0 Å². The van der Waals surface area contributed by atoms with Crippen molar-refractivity contribution in [2.75, 3.05) is 11.5 Å². The van der Waals surface area contributed by atoms with Crippen LogP contribution in [0.3, 0.4) is 0 Å². The molecule has 16 heavy (non-hydrogen) atoms. The zero-order chi connectivity index (χ0) is 11.9. The molecule has 0 bridgehead atoms. The number of carboxylic acids is 1. The van der Waals surface area contributed by atoms with Crippen LogP contribution in [0.4, 0.5) is 0 Å². The minimum atomic E-state index is -2.95. The monoisotopic (exact) mass is 261 g/mol. The van der Waals surface area contributed by atoms with Crippen molar-refractivity contribution in [3.8, 4) is 0 Å². The normalized spacial score (nSPS) is 23.4. The number of aryl methyl sites for hydroxylation is 1. The third-order valence-corrected chi connectivity index (χ3v) is 5.66. The Morgan fingerprint density at radius 3 is 2.69 bits per heavy atom. The second-order valence-corrected chi connectivity index (χ2v) is 7.13. The summed E-state index contributed by atoms with van der Waals surface area (Å²) in [6.07, 6.45) is 0.550. The van der Waals surface area contributed by atoms with Crippen molar-refractivity contribution in [1.82, 2.24) is 4.98 Å². The first-order valence-electron chi connectivity index (χ1n) is 4.80. The van der Waals surface area contributed by atoms with Gasteiger partial charge in [0.15, 0.2) is 9.84 Å². The Morgan fingerprint density at radius 2 is 2.25 bits per heavy atom. The number of hydrogen-bond acceptors (Lipinski definition) is 5. The number of thiazole rings is 1. The first kappa shape index (κ1) is 11.5. The minimum Gasteiger partial charge on any atom is -0.477 e. The first-order valence-corrected chi connectivity index (χ1v) is 7.44. The Bertz CT molecular complexity index is 532. The maximum atomic E-state index is 11.3. The molecule has 0 aliphatic carbocycles. The maximum Gasteiger partial charge on any atom is 0.347 e. The molecule has 0 amide bonds. The van der Waals surface area contributed by atoms with Crippen LogP contribution in [0.15, 0.2) is 0 Å². The van der Waals surface area contributed by atoms with Crippen LogP contribution in [0.2, 0.25) is 0 Å². The van der Waals surface area contributed by atoms with E-state index in [9.17, 15) is 13.2 Å². The number of aromatic nitrogens is 1. The van der Waals surface area contributed by atoms with Gasteiger partial charge in [-0.1, -0.05) is 0 Å². The summed E-state index contributed by atoms with van der Waals surface area (Å²) in [7, 11) is -2.95. The van der Waals surface area contributed by atoms with Gasteiger partial charge in [0.2, 0.25) is 0 Å². The number of carboxylic acid groups (broad SMARTS) is 1. The van der Waals surface area contributed by atoms with Gasteiger partial charge in [-0.15, -0.1) is 11.3 Å². The predicted octanol–water partition coefficient (Wildman–Crippen LogP) is 1.05. The molecule has 1 aromatic heterocycles. The van der Waals surface area contributed by atoms with E-state index in [4.69, 9.17) is 5.11 Å². The Hall–Kier alpha value is -0.950. The smallest absolute Gasteiger partial charge is 0.347 e. The Morgan fingerprint density at radius 1 is 1.56 bits per heavy atom. The molecule has 1 fully saturated rings. The van der Waals surface area contributed by atoms with E-state index in [1.54, 1.807) is 6.92 Å². The highest BCUT2D eigenvalue weighted by molar-refractivity contribution is 7.91. The number of rotatable bonds is 2. The third kappa shape index (κ3) is 2.10. The summed E-state index contributed by atoms with van der Waals surface area (Å²) < 4.78 is 22.6. The average molecular weight is 261 g/mol. The standard InChI is InChI=1S/C9H11NO4S2/c1-5-7(9(11)12)15-8(10-5)6-2-3-16(13,14)4-6/h6H,2-4H2,1H3,(H,11,12). The van der Waals surface area contributed by atoms with Gasteiger partial charge in [0.1, 0.15) is 4.88 Å². The van der Waals surface area contributed by atoms with E-state index < -0.39 is 15.8 Å². The lowest BCUT2D eigenvalue weighted by molar-refractivity contribution is 0.0701. The van der Waals surface area contributed by atoms with Crippen molar-refractivity contribution in [2.24, 2.45) is 0 Å². The minimum absolute atomic E-state index is 0.0962. The molecule has 2 heterocycles. The van der Waals surface area contributed by atoms with Gasteiger partial charge >= 0.3 is 5.97 Å². The Kier molecular flexibility index (Phi) is 2.75. The molecular weight excluding hydrogens is 250 g/mol. The molecule has 1 N–H and O–H groups in total. The summed E-state index contributed by atoms with van der Waals surface area (Å²) in [4.78, 5) is 15.2. The molecule has 1 aliphatic heterocycles. The summed E-state index contributed by atoms with van der Waals surface area (Å²) in [6.45, 7) is 1.63. The Labute approximate surface area is 97.1 Å². The highest BCUT2D eigenvalue weighted by atomic mass is 32.2. The molecule has 0 spiro atoms. The first-order chi connectivity index (χ1) is 7.39. The van der Waals surface area contributed by atoms with Gasteiger partial charge in [0.25, 0.3) is 0 Å². The Balaban J connectivity index is 2.30. The second kappa shape index (κ2) is 3.81. The molecule has 2 rings (SSSR count). The van der Waals surface area contributed by atoms with Gasteiger partial charge in [-0.25, -0.2) is 18.2 Å². The van der Waals surface area contributed by atoms with Crippen LogP contribution in [0.1, 0.15) is 32.7 Å². The van der Waals surface area contributed by atoms with Crippen molar-refractivity contribution in [1.29, 1.82) is 0 Å². The fourth-order valence-electron chi connectivity index (χ4n) is 1.78. The van der Waals surface area contributed by atoms with Gasteiger partial charge in [0.05, 0.1) is 22.2 Å². The van der Waals surface area contributed by atoms with Crippen molar-refractivity contribution < 1.29 is 18.3 Å². The highest BCUT2D eigenvalue weighted by Crippen LogP contribution is 2.32. The van der Waals surface area contributed by atoms with Crippen LogP contribution < -0.4 is 0 Å². The van der Waals surface area contributed by atoms with E-state index >= 15 is 0 Å². The van der Waals surface area contributed by atoms with Crippen molar-refractivity contribution in [3.05, 3.63) is 15.6 Å². The quantitative estimate of drug-likeness (QED) is 0.860. The molecule has 0 saturated carbocycles. The molecule has 0 radical (unpaired) electrons. The van der Waals surface area contributed by atoms with E-state index in [-0.39, 0.29) is 22.3 Å². The SMILES string of the molecule is Cc1nc(C2CCS(=O)(=O)C2)sc1C(=O)O. The van der Waals surface area contributed by atoms with Crippen molar-refractivity contribution in [2.45, 2.75) is 19.3 Å². The number of hydrogen-bond donors (Lipinski definition) is 1. The van der Waals surface area contributed by atoms with E-state index in [1.807, 2.05) is 0 Å². The highest BCUT2D eigenvalue weighted by Gasteiger charge is 2.32. The zero-order valence-electron chi connectivity index (χ0n) is 8.63. The lowest BCUT2D eigenvalue weighted by atomic mass is 10.1. The lowest BCUT2D eigenvalue weighted by Gasteiger charge is -2.00. The van der Waals surface area contributed by atoms with Gasteiger partial charge in [0, 0.05) is 5.92 Å². The van der Waals surface area contributed by atoms with Crippen LogP contribution in [0.25, 0.3) is 0 Å². The van der Waals surface area contributed by atoms with E-state index in [2.05, 4.69) is 4.98 Å². The largest absolute Gasteiger partial charge is 0.477 e. The van der Waals surface area contributed by atoms with Crippen LogP contribution in [0.5, 0.6) is 0 Å². The van der Waals surface area contributed by atoms with Gasteiger partial charge in [-0.05, 0) is 13.3 Å². The number of sulfone groups is 1. The van der Waals surface area contributed by atoms with Crippen LogP contribution in [-0.4, -0.2) is 36.0 Å². The molecule has 7 heteroatoms. The molecular formula is C9H11NO4S2. The fraction of sp³-hybridized carbons (Fsp3) is 0.556. The van der Waals surface area contributed by atoms with Gasteiger partial charge in [-0.3, -0.25) is 0 Å². The van der Waals surface area contributed by atoms with Crippen molar-refractivity contribution in [3.63, 3.8) is 0 Å². The van der Waals surface area contributed by atoms with Crippen LogP contribution in [-0.2, 0) is 9.84 Å². The second-order valence-electron chi connectivity index (χ2n) is 3.87. The molecule has 1 atom stereocenters. The lowest BCUT2D eigenvalue weighted by Crippen LogP contribution is -2.03. The average Bonchev–Trinajstić information content (AvgIpc) is 2.69. The van der Waals surface area contributed by atoms with Crippen LogP contribution >= 0.6 is 11.3 Å². The maximum absolute atomic E-state index is 11.3. The van der Waals surface area contributed by atoms with Gasteiger partial charge < -0.3 is 5.11 Å². The summed E-state index contributed by atoms with van der Waals surface area (Å²) >= 11 is 1.09. The molecule has 1 saturated heterocycles. The number of nitrogens with zero attached hydrogens (tertiary/aromatic N) is 1. The van der Waals surface area contributed by atoms with E-state index in [1.165, 1.54) is 0 Å². The summed E-state index contributed by atoms with van der Waals surface area (Å²) in [6, 6.07) is 0. The predicted molar refractivity (Wildman–Crippen MR) is 59.8 cm³/mol. The molecule has 1 aromatic rings. The number of aromatic carboxylic acids is 1. The molecule has 5 nitrogen and oxygen atoms in total.